The Morgan fingerprint density at radius 2 is 1.60 bits per heavy atom. The lowest BCUT2D eigenvalue weighted by Gasteiger charge is -2.29. The SMILES string of the molecule is CCOC(=O)C(CC=CCBr)(NC(=O)c1ccccc1)C(=O)OCC. The summed E-state index contributed by atoms with van der Waals surface area (Å²) in [6.45, 7) is 3.40. The number of rotatable bonds is 9. The van der Waals surface area contributed by atoms with E-state index in [0.29, 0.717) is 10.9 Å². The summed E-state index contributed by atoms with van der Waals surface area (Å²) < 4.78 is 10.1. The first-order chi connectivity index (χ1) is 12.0. The molecule has 0 spiro atoms. The quantitative estimate of drug-likeness (QED) is 0.292. The summed E-state index contributed by atoms with van der Waals surface area (Å²) in [5, 5.41) is 3.06. The third-order valence-electron chi connectivity index (χ3n) is 3.29. The maximum absolute atomic E-state index is 12.6. The lowest BCUT2D eigenvalue weighted by atomic mass is 9.94. The Hall–Kier alpha value is -2.15. The summed E-state index contributed by atoms with van der Waals surface area (Å²) in [4.78, 5) is 37.7. The van der Waals surface area contributed by atoms with E-state index in [9.17, 15) is 14.4 Å². The number of carbonyl (C=O) groups is 3. The van der Waals surface area contributed by atoms with Crippen LogP contribution in [0, 0.1) is 0 Å². The molecule has 0 aliphatic heterocycles. The van der Waals surface area contributed by atoms with Crippen molar-refractivity contribution in [2.45, 2.75) is 25.8 Å². The molecular weight excluding hydrogens is 390 g/mol. The fourth-order valence-corrected chi connectivity index (χ4v) is 2.35. The van der Waals surface area contributed by atoms with Crippen molar-refractivity contribution in [3.05, 3.63) is 48.0 Å². The van der Waals surface area contributed by atoms with Crippen molar-refractivity contribution >= 4 is 33.8 Å². The molecule has 0 fully saturated rings. The zero-order valence-electron chi connectivity index (χ0n) is 14.3. The van der Waals surface area contributed by atoms with Gasteiger partial charge in [-0.2, -0.15) is 0 Å². The first-order valence-corrected chi connectivity index (χ1v) is 9.06. The molecule has 0 heterocycles. The van der Waals surface area contributed by atoms with Crippen molar-refractivity contribution in [3.63, 3.8) is 0 Å². The minimum absolute atomic E-state index is 0.0728. The number of amides is 1. The van der Waals surface area contributed by atoms with Gasteiger partial charge in [0, 0.05) is 17.3 Å². The summed E-state index contributed by atoms with van der Waals surface area (Å²) in [6.07, 6.45) is 3.27. The maximum Gasteiger partial charge on any atom is 0.344 e. The van der Waals surface area contributed by atoms with Crippen molar-refractivity contribution < 1.29 is 23.9 Å². The molecule has 136 valence electrons. The second-order valence-electron chi connectivity index (χ2n) is 5.00. The molecule has 1 rings (SSSR count). The van der Waals surface area contributed by atoms with E-state index >= 15 is 0 Å². The highest BCUT2D eigenvalue weighted by atomic mass is 79.9. The Morgan fingerprint density at radius 3 is 2.08 bits per heavy atom. The number of halogens is 1. The number of nitrogens with one attached hydrogen (secondary N) is 1. The van der Waals surface area contributed by atoms with E-state index in [1.807, 2.05) is 0 Å². The van der Waals surface area contributed by atoms with Crippen LogP contribution in [0.25, 0.3) is 0 Å². The van der Waals surface area contributed by atoms with Gasteiger partial charge in [-0.05, 0) is 26.0 Å². The van der Waals surface area contributed by atoms with Gasteiger partial charge in [0.15, 0.2) is 0 Å². The van der Waals surface area contributed by atoms with E-state index in [1.165, 1.54) is 0 Å². The smallest absolute Gasteiger partial charge is 0.344 e. The summed E-state index contributed by atoms with van der Waals surface area (Å²) in [6, 6.07) is 8.32. The van der Waals surface area contributed by atoms with Gasteiger partial charge in [0.25, 0.3) is 5.91 Å². The lowest BCUT2D eigenvalue weighted by molar-refractivity contribution is -0.165. The van der Waals surface area contributed by atoms with Crippen molar-refractivity contribution in [2.75, 3.05) is 18.5 Å². The molecule has 0 aromatic heterocycles. The molecule has 0 radical (unpaired) electrons. The number of hydrogen-bond donors (Lipinski definition) is 1. The Labute approximate surface area is 155 Å². The van der Waals surface area contributed by atoms with Crippen LogP contribution in [-0.4, -0.2) is 41.9 Å². The largest absolute Gasteiger partial charge is 0.464 e. The minimum Gasteiger partial charge on any atom is -0.464 e. The molecule has 1 N–H and O–H groups in total. The average molecular weight is 412 g/mol. The van der Waals surface area contributed by atoms with Crippen molar-refractivity contribution in [1.29, 1.82) is 0 Å². The van der Waals surface area contributed by atoms with Crippen LogP contribution in [0.15, 0.2) is 42.5 Å². The highest BCUT2D eigenvalue weighted by Gasteiger charge is 2.49. The Bertz CT molecular complexity index is 597. The van der Waals surface area contributed by atoms with Crippen LogP contribution in [0.3, 0.4) is 0 Å². The molecule has 0 saturated heterocycles. The number of ether oxygens (including phenoxy) is 2. The van der Waals surface area contributed by atoms with Gasteiger partial charge in [0.2, 0.25) is 5.54 Å². The fourth-order valence-electron chi connectivity index (χ4n) is 2.09. The molecule has 6 nitrogen and oxygen atoms in total. The number of hydrogen-bond acceptors (Lipinski definition) is 5. The molecule has 0 aliphatic carbocycles. The van der Waals surface area contributed by atoms with E-state index in [4.69, 9.17) is 9.47 Å². The molecule has 25 heavy (non-hydrogen) atoms. The molecule has 0 aliphatic rings. The fraction of sp³-hybridized carbons (Fsp3) is 0.389. The third-order valence-corrected chi connectivity index (χ3v) is 3.66. The van der Waals surface area contributed by atoms with Crippen LogP contribution in [0.5, 0.6) is 0 Å². The number of carbonyl (C=O) groups excluding carboxylic acids is 3. The van der Waals surface area contributed by atoms with Crippen LogP contribution in [-0.2, 0) is 19.1 Å². The zero-order chi connectivity index (χ0) is 18.7. The van der Waals surface area contributed by atoms with Gasteiger partial charge >= 0.3 is 11.9 Å². The standard InChI is InChI=1S/C18H22BrNO5/c1-3-24-16(22)18(12-8-9-13-19,17(23)25-4-2)20-15(21)14-10-6-5-7-11-14/h5-11H,3-4,12-13H2,1-2H3,(H,20,21). The van der Waals surface area contributed by atoms with E-state index in [-0.39, 0.29) is 19.6 Å². The number of allylic oxidation sites excluding steroid dienone is 1. The van der Waals surface area contributed by atoms with Crippen LogP contribution < -0.4 is 5.32 Å². The average Bonchev–Trinajstić information content (AvgIpc) is 2.62. The predicted molar refractivity (Wildman–Crippen MR) is 97.5 cm³/mol. The molecule has 0 bridgehead atoms. The maximum atomic E-state index is 12.6. The number of esters is 2. The monoisotopic (exact) mass is 411 g/mol. The first-order valence-electron chi connectivity index (χ1n) is 7.94. The highest BCUT2D eigenvalue weighted by molar-refractivity contribution is 9.09. The topological polar surface area (TPSA) is 81.7 Å². The number of benzene rings is 1. The summed E-state index contributed by atoms with van der Waals surface area (Å²) in [5.74, 6) is -2.26. The molecule has 0 unspecified atom stereocenters. The first kappa shape index (κ1) is 20.9. The second-order valence-corrected chi connectivity index (χ2v) is 5.64. The minimum atomic E-state index is -1.93. The van der Waals surface area contributed by atoms with E-state index in [0.717, 1.165) is 0 Å². The molecule has 1 amide bonds. The molecular formula is C18H22BrNO5. The van der Waals surface area contributed by atoms with Crippen molar-refractivity contribution in [2.24, 2.45) is 0 Å². The summed E-state index contributed by atoms with van der Waals surface area (Å²) >= 11 is 3.23. The van der Waals surface area contributed by atoms with Gasteiger partial charge in [-0.1, -0.05) is 46.3 Å². The van der Waals surface area contributed by atoms with Gasteiger partial charge in [0.05, 0.1) is 13.2 Å². The van der Waals surface area contributed by atoms with E-state index in [1.54, 1.807) is 56.3 Å². The number of alkyl halides is 1. The highest BCUT2D eigenvalue weighted by Crippen LogP contribution is 2.19. The molecule has 1 aromatic rings. The van der Waals surface area contributed by atoms with Crippen LogP contribution >= 0.6 is 15.9 Å². The second kappa shape index (κ2) is 10.7. The van der Waals surface area contributed by atoms with Crippen LogP contribution in [0.4, 0.5) is 0 Å². The zero-order valence-corrected chi connectivity index (χ0v) is 15.9. The molecule has 7 heteroatoms. The molecule has 0 saturated carbocycles. The van der Waals surface area contributed by atoms with Crippen LogP contribution in [0.1, 0.15) is 30.6 Å². The summed E-state index contributed by atoms with van der Waals surface area (Å²) in [7, 11) is 0. The lowest BCUT2D eigenvalue weighted by Crippen LogP contribution is -2.61. The normalized spacial score (nSPS) is 11.2. The molecule has 0 atom stereocenters. The Kier molecular flexibility index (Phi) is 8.91. The van der Waals surface area contributed by atoms with Gasteiger partial charge < -0.3 is 14.8 Å². The Morgan fingerprint density at radius 1 is 1.04 bits per heavy atom. The van der Waals surface area contributed by atoms with Crippen molar-refractivity contribution in [3.8, 4) is 0 Å². The van der Waals surface area contributed by atoms with E-state index in [2.05, 4.69) is 21.2 Å². The van der Waals surface area contributed by atoms with Gasteiger partial charge in [-0.3, -0.25) is 4.79 Å². The molecule has 1 aromatic carbocycles. The predicted octanol–water partition coefficient (Wildman–Crippen LogP) is 2.62. The van der Waals surface area contributed by atoms with E-state index < -0.39 is 23.4 Å². The van der Waals surface area contributed by atoms with Crippen LogP contribution in [0.2, 0.25) is 0 Å². The van der Waals surface area contributed by atoms with Gasteiger partial charge in [0.1, 0.15) is 0 Å². The van der Waals surface area contributed by atoms with Gasteiger partial charge in [-0.25, -0.2) is 9.59 Å². The van der Waals surface area contributed by atoms with Gasteiger partial charge in [-0.15, -0.1) is 0 Å². The third kappa shape index (κ3) is 5.70. The summed E-state index contributed by atoms with van der Waals surface area (Å²) in [5.41, 5.74) is -1.61. The van der Waals surface area contributed by atoms with Crippen molar-refractivity contribution in [1.82, 2.24) is 5.32 Å². The Balaban J connectivity index is 3.24.